The van der Waals surface area contributed by atoms with Gasteiger partial charge in [-0.25, -0.2) is 4.52 Å². The van der Waals surface area contributed by atoms with Crippen LogP contribution in [0.1, 0.15) is 10.4 Å². The second-order valence-electron chi connectivity index (χ2n) is 7.04. The number of nitrogens with zero attached hydrogens (tertiary/aromatic N) is 3. The highest BCUT2D eigenvalue weighted by molar-refractivity contribution is 6.32. The normalized spacial score (nSPS) is 11.3. The molecule has 0 fully saturated rings. The number of aromatic amines is 1. The van der Waals surface area contributed by atoms with Gasteiger partial charge in [-0.2, -0.15) is 5.10 Å². The van der Waals surface area contributed by atoms with E-state index in [1.165, 1.54) is 6.20 Å². The first-order valence-electron chi connectivity index (χ1n) is 9.31. The number of rotatable bonds is 6. The van der Waals surface area contributed by atoms with Gasteiger partial charge in [0.15, 0.2) is 0 Å². The Morgan fingerprint density at radius 3 is 2.83 bits per heavy atom. The molecule has 2 heterocycles. The number of hydrogen-bond acceptors (Lipinski definition) is 5. The second-order valence-corrected chi connectivity index (χ2v) is 7.45. The Kier molecular flexibility index (Phi) is 5.43. The highest BCUT2D eigenvalue weighted by Gasteiger charge is 2.17. The third-order valence-corrected chi connectivity index (χ3v) is 4.90. The lowest BCUT2D eigenvalue weighted by atomic mass is 10.2. The molecule has 0 saturated heterocycles. The van der Waals surface area contributed by atoms with Crippen LogP contribution in [0.15, 0.2) is 53.5 Å². The monoisotopic (exact) mass is 425 g/mol. The molecule has 1 amide bonds. The average Bonchev–Trinajstić information content (AvgIpc) is 3.14. The molecule has 2 N–H and O–H groups in total. The van der Waals surface area contributed by atoms with E-state index in [4.69, 9.17) is 16.3 Å². The molecule has 2 aromatic heterocycles. The van der Waals surface area contributed by atoms with E-state index >= 15 is 0 Å². The van der Waals surface area contributed by atoms with Crippen molar-refractivity contribution >= 4 is 39.7 Å². The number of ether oxygens (including phenoxy) is 1. The number of fused-ring (bicyclic) bond motifs is 3. The van der Waals surface area contributed by atoms with Crippen molar-refractivity contribution in [3.63, 3.8) is 0 Å². The predicted octanol–water partition coefficient (Wildman–Crippen LogP) is 3.02. The molecular weight excluding hydrogens is 406 g/mol. The maximum absolute atomic E-state index is 12.8. The number of benzene rings is 2. The van der Waals surface area contributed by atoms with Crippen LogP contribution in [0.5, 0.6) is 5.75 Å². The topological polar surface area (TPSA) is 91.7 Å². The fourth-order valence-corrected chi connectivity index (χ4v) is 3.31. The van der Waals surface area contributed by atoms with Gasteiger partial charge in [0.25, 0.3) is 11.5 Å². The van der Waals surface area contributed by atoms with Crippen molar-refractivity contribution in [2.24, 2.45) is 0 Å². The van der Waals surface area contributed by atoms with E-state index in [1.807, 2.05) is 25.1 Å². The van der Waals surface area contributed by atoms with E-state index in [9.17, 15) is 9.59 Å². The molecule has 0 atom stereocenters. The number of H-pyrrole nitrogens is 1. The van der Waals surface area contributed by atoms with Gasteiger partial charge in [0.05, 0.1) is 22.1 Å². The van der Waals surface area contributed by atoms with Crippen molar-refractivity contribution in [1.82, 2.24) is 19.5 Å². The summed E-state index contributed by atoms with van der Waals surface area (Å²) in [5.41, 5.74) is 1.42. The van der Waals surface area contributed by atoms with Gasteiger partial charge in [-0.15, -0.1) is 0 Å². The van der Waals surface area contributed by atoms with Gasteiger partial charge in [-0.05, 0) is 44.4 Å². The van der Waals surface area contributed by atoms with Crippen molar-refractivity contribution in [3.8, 4) is 5.75 Å². The quantitative estimate of drug-likeness (QED) is 0.495. The van der Waals surface area contributed by atoms with Crippen LogP contribution < -0.4 is 15.6 Å². The number of likely N-dealkylation sites (N-methyl/N-ethyl adjacent to an activating group) is 1. The van der Waals surface area contributed by atoms with Crippen LogP contribution in [-0.2, 0) is 0 Å². The standard InChI is InChI=1S/C21H20ClN5O3/c1-26(2)9-10-30-18-8-7-13(11-16(18)22)24-21(29)15-12-23-27-17-6-4-3-5-14(17)20(28)25-19(15)27/h3-8,11-12H,9-10H2,1-2H3,(H,24,29)(H,25,28). The molecule has 0 aliphatic rings. The zero-order valence-corrected chi connectivity index (χ0v) is 17.2. The van der Waals surface area contributed by atoms with Gasteiger partial charge in [-0.3, -0.25) is 9.59 Å². The van der Waals surface area contributed by atoms with Crippen LogP contribution in [0.3, 0.4) is 0 Å². The smallest absolute Gasteiger partial charge is 0.261 e. The summed E-state index contributed by atoms with van der Waals surface area (Å²) < 4.78 is 7.19. The number of anilines is 1. The summed E-state index contributed by atoms with van der Waals surface area (Å²) in [5, 5.41) is 7.94. The van der Waals surface area contributed by atoms with E-state index < -0.39 is 5.91 Å². The molecule has 0 radical (unpaired) electrons. The summed E-state index contributed by atoms with van der Waals surface area (Å²) in [7, 11) is 3.92. The van der Waals surface area contributed by atoms with Gasteiger partial charge in [0.2, 0.25) is 0 Å². The minimum Gasteiger partial charge on any atom is -0.491 e. The molecule has 0 unspecified atom stereocenters. The SMILES string of the molecule is CN(C)CCOc1ccc(NC(=O)c2cnn3c2[nH]c(=O)c2ccccc23)cc1Cl. The molecule has 4 rings (SSSR count). The lowest BCUT2D eigenvalue weighted by Gasteiger charge is -2.13. The number of halogens is 1. The van der Waals surface area contributed by atoms with Crippen LogP contribution in [-0.4, -0.2) is 52.7 Å². The number of carbonyl (C=O) groups excluding carboxylic acids is 1. The lowest BCUT2D eigenvalue weighted by Crippen LogP contribution is -2.19. The van der Waals surface area contributed by atoms with Gasteiger partial charge >= 0.3 is 0 Å². The Labute approximate surface area is 177 Å². The maximum Gasteiger partial charge on any atom is 0.261 e. The van der Waals surface area contributed by atoms with E-state index in [-0.39, 0.29) is 11.1 Å². The second kappa shape index (κ2) is 8.17. The van der Waals surface area contributed by atoms with E-state index in [2.05, 4.69) is 15.4 Å². The van der Waals surface area contributed by atoms with Crippen molar-refractivity contribution in [2.75, 3.05) is 32.6 Å². The van der Waals surface area contributed by atoms with Crippen LogP contribution >= 0.6 is 11.6 Å². The molecular formula is C21H20ClN5O3. The van der Waals surface area contributed by atoms with Crippen molar-refractivity contribution < 1.29 is 9.53 Å². The largest absolute Gasteiger partial charge is 0.491 e. The highest BCUT2D eigenvalue weighted by Crippen LogP contribution is 2.28. The molecule has 9 heteroatoms. The Morgan fingerprint density at radius 1 is 1.27 bits per heavy atom. The average molecular weight is 426 g/mol. The molecule has 154 valence electrons. The predicted molar refractivity (Wildman–Crippen MR) is 117 cm³/mol. The fourth-order valence-electron chi connectivity index (χ4n) is 3.08. The number of nitrogens with one attached hydrogen (secondary N) is 2. The Bertz CT molecular complexity index is 1300. The summed E-state index contributed by atoms with van der Waals surface area (Å²) in [4.78, 5) is 29.9. The first-order valence-corrected chi connectivity index (χ1v) is 9.69. The molecule has 0 spiro atoms. The number of para-hydroxylation sites is 1. The van der Waals surface area contributed by atoms with Crippen molar-refractivity contribution in [3.05, 3.63) is 69.6 Å². The summed E-state index contributed by atoms with van der Waals surface area (Å²) in [5.74, 6) is 0.136. The van der Waals surface area contributed by atoms with Crippen molar-refractivity contribution in [2.45, 2.75) is 0 Å². The first-order chi connectivity index (χ1) is 14.4. The van der Waals surface area contributed by atoms with Gasteiger partial charge in [0, 0.05) is 12.2 Å². The number of carbonyl (C=O) groups is 1. The third-order valence-electron chi connectivity index (χ3n) is 4.61. The molecule has 8 nitrogen and oxygen atoms in total. The van der Waals surface area contributed by atoms with Crippen molar-refractivity contribution in [1.29, 1.82) is 0 Å². The minimum absolute atomic E-state index is 0.250. The van der Waals surface area contributed by atoms with E-state index in [0.717, 1.165) is 6.54 Å². The summed E-state index contributed by atoms with van der Waals surface area (Å²) in [6.45, 7) is 1.26. The third kappa shape index (κ3) is 3.87. The minimum atomic E-state index is -0.409. The molecule has 0 saturated carbocycles. The van der Waals surface area contributed by atoms with E-state index in [1.54, 1.807) is 40.9 Å². The summed E-state index contributed by atoms with van der Waals surface area (Å²) in [6.07, 6.45) is 1.42. The van der Waals surface area contributed by atoms with Crippen LogP contribution in [0.2, 0.25) is 5.02 Å². The fraction of sp³-hybridized carbons (Fsp3) is 0.190. The van der Waals surface area contributed by atoms with Gasteiger partial charge in [-0.1, -0.05) is 23.7 Å². The molecule has 2 aromatic carbocycles. The highest BCUT2D eigenvalue weighted by atomic mass is 35.5. The van der Waals surface area contributed by atoms with Gasteiger partial charge in [0.1, 0.15) is 23.6 Å². The Balaban J connectivity index is 1.58. The number of aromatic nitrogens is 3. The molecule has 30 heavy (non-hydrogen) atoms. The number of amides is 1. The summed E-state index contributed by atoms with van der Waals surface area (Å²) in [6, 6.07) is 12.1. The number of hydrogen-bond donors (Lipinski definition) is 2. The first kappa shape index (κ1) is 19.9. The van der Waals surface area contributed by atoms with Crippen LogP contribution in [0.4, 0.5) is 5.69 Å². The van der Waals surface area contributed by atoms with Gasteiger partial charge < -0.3 is 19.9 Å². The Morgan fingerprint density at radius 2 is 2.07 bits per heavy atom. The maximum atomic E-state index is 12.8. The molecule has 0 aliphatic carbocycles. The zero-order valence-electron chi connectivity index (χ0n) is 16.5. The molecule has 0 aliphatic heterocycles. The van der Waals surface area contributed by atoms with Crippen LogP contribution in [0, 0.1) is 0 Å². The van der Waals surface area contributed by atoms with E-state index in [0.29, 0.717) is 39.6 Å². The Hall–Kier alpha value is -3.36. The van der Waals surface area contributed by atoms with Crippen LogP contribution in [0.25, 0.3) is 16.6 Å². The lowest BCUT2D eigenvalue weighted by molar-refractivity contribution is 0.102. The summed E-state index contributed by atoms with van der Waals surface area (Å²) >= 11 is 6.28. The zero-order chi connectivity index (χ0) is 21.3. The molecule has 4 aromatic rings. The molecule has 0 bridgehead atoms.